The van der Waals surface area contributed by atoms with Gasteiger partial charge in [0.2, 0.25) is 0 Å². The summed E-state index contributed by atoms with van der Waals surface area (Å²) in [6.07, 6.45) is -7.69. The molecule has 9 heteroatoms. The Kier molecular flexibility index (Phi) is 6.97. The Bertz CT molecular complexity index is 876. The summed E-state index contributed by atoms with van der Waals surface area (Å²) in [4.78, 5) is 12.3. The van der Waals surface area contributed by atoms with E-state index in [9.17, 15) is 27.5 Å². The zero-order valence-electron chi connectivity index (χ0n) is 15.6. The van der Waals surface area contributed by atoms with E-state index >= 15 is 0 Å². The lowest BCUT2D eigenvalue weighted by Gasteiger charge is -2.40. The first-order valence-corrected chi connectivity index (χ1v) is 9.06. The largest absolute Gasteiger partial charge is 0.414 e. The summed E-state index contributed by atoms with van der Waals surface area (Å²) >= 11 is 5.09. The second kappa shape index (κ2) is 8.87. The van der Waals surface area contributed by atoms with Crippen LogP contribution in [-0.4, -0.2) is 28.4 Å². The molecule has 0 saturated heterocycles. The van der Waals surface area contributed by atoms with E-state index in [2.05, 4.69) is 10.6 Å². The van der Waals surface area contributed by atoms with Crippen molar-refractivity contribution in [2.75, 3.05) is 0 Å². The molecule has 0 bridgehead atoms. The lowest BCUT2D eigenvalue weighted by Crippen LogP contribution is -2.57. The number of hydrogen-bond acceptors (Lipinski definition) is 3. The van der Waals surface area contributed by atoms with E-state index in [4.69, 9.17) is 12.2 Å². The van der Waals surface area contributed by atoms with Crippen LogP contribution in [0.2, 0.25) is 0 Å². The van der Waals surface area contributed by atoms with Gasteiger partial charge in [-0.15, -0.1) is 0 Å². The molecule has 0 aliphatic heterocycles. The van der Waals surface area contributed by atoms with Crippen LogP contribution in [0.15, 0.2) is 54.6 Å². The van der Waals surface area contributed by atoms with Gasteiger partial charge in [-0.25, -0.2) is 4.39 Å². The quantitative estimate of drug-likeness (QED) is 0.499. The van der Waals surface area contributed by atoms with Crippen LogP contribution in [0.25, 0.3) is 0 Å². The fraction of sp³-hybridized carbons (Fsp3) is 0.300. The van der Waals surface area contributed by atoms with Crippen LogP contribution in [0, 0.1) is 11.7 Å². The predicted molar refractivity (Wildman–Crippen MR) is 105 cm³/mol. The number of amides is 1. The first-order chi connectivity index (χ1) is 13.5. The Morgan fingerprint density at radius 1 is 1.07 bits per heavy atom. The van der Waals surface area contributed by atoms with Gasteiger partial charge in [-0.2, -0.15) is 13.2 Å². The van der Waals surface area contributed by atoms with E-state index < -0.39 is 35.5 Å². The molecule has 2 rings (SSSR count). The number of hydrogen-bond donors (Lipinski definition) is 3. The van der Waals surface area contributed by atoms with E-state index in [0.717, 1.165) is 13.0 Å². The van der Waals surface area contributed by atoms with Crippen LogP contribution >= 0.6 is 12.2 Å². The van der Waals surface area contributed by atoms with Gasteiger partial charge in [0.1, 0.15) is 5.82 Å². The van der Waals surface area contributed by atoms with Crippen molar-refractivity contribution in [2.24, 2.45) is 5.92 Å². The molecule has 0 aliphatic carbocycles. The van der Waals surface area contributed by atoms with Crippen LogP contribution in [0.5, 0.6) is 0 Å². The summed E-state index contributed by atoms with van der Waals surface area (Å²) < 4.78 is 53.9. The van der Waals surface area contributed by atoms with Gasteiger partial charge >= 0.3 is 6.18 Å². The second-order valence-corrected chi connectivity index (χ2v) is 7.14. The SMILES string of the molecule is CC(C(O)C(F)(F)F)C(C)(NC(=S)NC(=O)c1ccccc1)c1ccccc1F. The van der Waals surface area contributed by atoms with Crippen LogP contribution in [-0.2, 0) is 5.54 Å². The lowest BCUT2D eigenvalue weighted by atomic mass is 9.77. The molecule has 3 N–H and O–H groups in total. The number of nitrogens with one attached hydrogen (secondary N) is 2. The zero-order valence-corrected chi connectivity index (χ0v) is 16.4. The number of carbonyl (C=O) groups excluding carboxylic acids is 1. The molecule has 0 fully saturated rings. The Balaban J connectivity index is 2.34. The average Bonchev–Trinajstić information content (AvgIpc) is 2.66. The van der Waals surface area contributed by atoms with Crippen LogP contribution in [0.1, 0.15) is 29.8 Å². The normalized spacial score (nSPS) is 15.7. The van der Waals surface area contributed by atoms with Gasteiger partial charge in [-0.05, 0) is 37.3 Å². The molecule has 3 unspecified atom stereocenters. The summed E-state index contributed by atoms with van der Waals surface area (Å²) in [7, 11) is 0. The molecule has 0 aromatic heterocycles. The number of halogens is 4. The van der Waals surface area contributed by atoms with Crippen molar-refractivity contribution in [3.8, 4) is 0 Å². The fourth-order valence-electron chi connectivity index (χ4n) is 2.94. The molecule has 0 heterocycles. The summed E-state index contributed by atoms with van der Waals surface area (Å²) in [6, 6.07) is 13.3. The van der Waals surface area contributed by atoms with Gasteiger partial charge in [-0.3, -0.25) is 10.1 Å². The van der Waals surface area contributed by atoms with Gasteiger partial charge < -0.3 is 10.4 Å². The van der Waals surface area contributed by atoms with E-state index in [-0.39, 0.29) is 16.2 Å². The predicted octanol–water partition coefficient (Wildman–Crippen LogP) is 3.90. The molecule has 29 heavy (non-hydrogen) atoms. The molecule has 156 valence electrons. The van der Waals surface area contributed by atoms with Crippen molar-refractivity contribution in [1.29, 1.82) is 0 Å². The highest BCUT2D eigenvalue weighted by atomic mass is 32.1. The summed E-state index contributed by atoms with van der Waals surface area (Å²) in [5.41, 5.74) is -1.62. The van der Waals surface area contributed by atoms with Gasteiger partial charge in [0.05, 0.1) is 5.54 Å². The number of carbonyl (C=O) groups is 1. The maximum atomic E-state index is 14.4. The first kappa shape index (κ1) is 22.8. The third-order valence-electron chi connectivity index (χ3n) is 4.79. The molecule has 0 radical (unpaired) electrons. The van der Waals surface area contributed by atoms with Crippen molar-refractivity contribution >= 4 is 23.2 Å². The van der Waals surface area contributed by atoms with Crippen LogP contribution < -0.4 is 10.6 Å². The molecule has 4 nitrogen and oxygen atoms in total. The number of aliphatic hydroxyl groups excluding tert-OH is 1. The molecular formula is C20H20F4N2O2S. The number of aliphatic hydroxyl groups is 1. The third kappa shape index (κ3) is 5.30. The summed E-state index contributed by atoms with van der Waals surface area (Å²) in [6.45, 7) is 2.41. The highest BCUT2D eigenvalue weighted by Gasteiger charge is 2.50. The van der Waals surface area contributed by atoms with Crippen LogP contribution in [0.3, 0.4) is 0 Å². The van der Waals surface area contributed by atoms with Crippen molar-refractivity contribution < 1.29 is 27.5 Å². The molecule has 2 aromatic carbocycles. The molecule has 3 atom stereocenters. The van der Waals surface area contributed by atoms with E-state index in [1.165, 1.54) is 37.3 Å². The molecule has 0 saturated carbocycles. The van der Waals surface area contributed by atoms with Crippen molar-refractivity contribution in [1.82, 2.24) is 10.6 Å². The van der Waals surface area contributed by atoms with Gasteiger partial charge in [-0.1, -0.05) is 43.3 Å². The standard InChI is InChI=1S/C20H20F4N2O2S/c1-12(16(27)20(22,23)24)19(2,14-10-6-7-11-15(14)21)26-18(29)25-17(28)13-8-4-3-5-9-13/h3-12,16,27H,1-2H3,(H2,25,26,28,29). The van der Waals surface area contributed by atoms with Crippen molar-refractivity contribution in [2.45, 2.75) is 31.7 Å². The van der Waals surface area contributed by atoms with Gasteiger partial charge in [0.15, 0.2) is 11.2 Å². The maximum Gasteiger partial charge on any atom is 0.414 e. The van der Waals surface area contributed by atoms with Gasteiger partial charge in [0.25, 0.3) is 5.91 Å². The van der Waals surface area contributed by atoms with Crippen molar-refractivity contribution in [3.05, 3.63) is 71.5 Å². The Morgan fingerprint density at radius 2 is 1.62 bits per heavy atom. The number of benzene rings is 2. The molecule has 1 amide bonds. The fourth-order valence-corrected chi connectivity index (χ4v) is 3.24. The zero-order chi connectivity index (χ0) is 21.8. The average molecular weight is 428 g/mol. The van der Waals surface area contributed by atoms with Crippen LogP contribution in [0.4, 0.5) is 17.6 Å². The Hall–Kier alpha value is -2.52. The van der Waals surface area contributed by atoms with E-state index in [1.54, 1.807) is 18.2 Å². The number of alkyl halides is 3. The Morgan fingerprint density at radius 3 is 2.17 bits per heavy atom. The molecule has 0 spiro atoms. The van der Waals surface area contributed by atoms with E-state index in [0.29, 0.717) is 0 Å². The molecule has 2 aromatic rings. The minimum Gasteiger partial charge on any atom is -0.383 e. The highest BCUT2D eigenvalue weighted by molar-refractivity contribution is 7.80. The summed E-state index contributed by atoms with van der Waals surface area (Å²) in [5.74, 6) is -2.91. The van der Waals surface area contributed by atoms with Gasteiger partial charge in [0, 0.05) is 17.0 Å². The number of thiocarbonyl (C=S) groups is 1. The third-order valence-corrected chi connectivity index (χ3v) is 4.99. The topological polar surface area (TPSA) is 61.4 Å². The molecular weight excluding hydrogens is 408 g/mol. The minimum atomic E-state index is -4.93. The Labute approximate surface area is 170 Å². The first-order valence-electron chi connectivity index (χ1n) is 8.65. The lowest BCUT2D eigenvalue weighted by molar-refractivity contribution is -0.224. The monoisotopic (exact) mass is 428 g/mol. The minimum absolute atomic E-state index is 0.132. The van der Waals surface area contributed by atoms with Crippen molar-refractivity contribution in [3.63, 3.8) is 0 Å². The smallest absolute Gasteiger partial charge is 0.383 e. The van der Waals surface area contributed by atoms with E-state index in [1.807, 2.05) is 0 Å². The molecule has 0 aliphatic rings. The highest BCUT2D eigenvalue weighted by Crippen LogP contribution is 2.38. The second-order valence-electron chi connectivity index (χ2n) is 6.73. The summed E-state index contributed by atoms with van der Waals surface area (Å²) in [5, 5.41) is 14.5. The number of rotatable bonds is 5. The maximum absolute atomic E-state index is 14.4.